The Balaban J connectivity index is 2.04. The first kappa shape index (κ1) is 14.6. The van der Waals surface area contributed by atoms with Gasteiger partial charge in [-0.25, -0.2) is 4.98 Å². The van der Waals surface area contributed by atoms with Crippen molar-refractivity contribution >= 4 is 11.3 Å². The second-order valence-electron chi connectivity index (χ2n) is 4.58. The lowest BCUT2D eigenvalue weighted by Crippen LogP contribution is -2.15. The molecule has 98 valence electrons. The first-order valence-corrected chi connectivity index (χ1v) is 7.42. The normalized spacial score (nSPS) is 12.9. The van der Waals surface area contributed by atoms with Crippen LogP contribution in [-0.4, -0.2) is 18.1 Å². The molecule has 0 saturated heterocycles. The van der Waals surface area contributed by atoms with Gasteiger partial charge in [0.1, 0.15) is 5.01 Å². The van der Waals surface area contributed by atoms with Gasteiger partial charge >= 0.3 is 0 Å². The molecule has 3 N–H and O–H groups in total. The maximum atomic E-state index is 5.53. The van der Waals surface area contributed by atoms with Crippen molar-refractivity contribution in [2.45, 2.75) is 46.1 Å². The summed E-state index contributed by atoms with van der Waals surface area (Å²) in [6, 6.07) is 0. The van der Waals surface area contributed by atoms with Crippen molar-refractivity contribution in [2.24, 2.45) is 11.7 Å². The minimum absolute atomic E-state index is 0.758. The van der Waals surface area contributed by atoms with E-state index < -0.39 is 0 Å². The van der Waals surface area contributed by atoms with Gasteiger partial charge in [0.05, 0.1) is 0 Å². The zero-order chi connectivity index (χ0) is 12.5. The molecule has 1 rings (SSSR count). The Kier molecular flexibility index (Phi) is 7.40. The zero-order valence-electron chi connectivity index (χ0n) is 11.0. The quantitative estimate of drug-likeness (QED) is 0.667. The van der Waals surface area contributed by atoms with E-state index in [-0.39, 0.29) is 0 Å². The molecule has 1 aromatic heterocycles. The summed E-state index contributed by atoms with van der Waals surface area (Å²) in [5, 5.41) is 4.66. The van der Waals surface area contributed by atoms with Crippen LogP contribution in [0.25, 0.3) is 0 Å². The smallest absolute Gasteiger partial charge is 0.107 e. The monoisotopic (exact) mass is 255 g/mol. The number of nitrogens with zero attached hydrogens (tertiary/aromatic N) is 1. The number of thiazole rings is 1. The number of nitrogens with one attached hydrogen (secondary N) is 1. The van der Waals surface area contributed by atoms with E-state index in [4.69, 9.17) is 5.73 Å². The van der Waals surface area contributed by atoms with Crippen LogP contribution >= 0.6 is 11.3 Å². The predicted molar refractivity (Wildman–Crippen MR) is 75.3 cm³/mol. The summed E-state index contributed by atoms with van der Waals surface area (Å²) < 4.78 is 0. The van der Waals surface area contributed by atoms with Gasteiger partial charge < -0.3 is 11.1 Å². The van der Waals surface area contributed by atoms with Gasteiger partial charge in [-0.15, -0.1) is 11.3 Å². The lowest BCUT2D eigenvalue weighted by atomic mass is 10.0. The number of aryl methyl sites for hydroxylation is 1. The molecule has 17 heavy (non-hydrogen) atoms. The molecule has 0 bridgehead atoms. The Labute approximate surface area is 109 Å². The molecule has 1 unspecified atom stereocenters. The summed E-state index contributed by atoms with van der Waals surface area (Å²) in [5.41, 5.74) is 5.53. The minimum atomic E-state index is 0.758. The third-order valence-corrected chi connectivity index (χ3v) is 4.08. The van der Waals surface area contributed by atoms with E-state index >= 15 is 0 Å². The Bertz CT molecular complexity index is 299. The fraction of sp³-hybridized carbons (Fsp3) is 0.769. The van der Waals surface area contributed by atoms with Gasteiger partial charge in [0, 0.05) is 17.6 Å². The minimum Gasteiger partial charge on any atom is -0.330 e. The Morgan fingerprint density at radius 1 is 1.47 bits per heavy atom. The third kappa shape index (κ3) is 6.15. The van der Waals surface area contributed by atoms with E-state index in [1.54, 1.807) is 0 Å². The molecule has 0 spiro atoms. The second-order valence-corrected chi connectivity index (χ2v) is 5.78. The van der Waals surface area contributed by atoms with Crippen molar-refractivity contribution in [1.29, 1.82) is 0 Å². The average molecular weight is 255 g/mol. The van der Waals surface area contributed by atoms with Crippen molar-refractivity contribution in [3.05, 3.63) is 16.1 Å². The molecule has 0 amide bonds. The topological polar surface area (TPSA) is 50.9 Å². The van der Waals surface area contributed by atoms with Crippen molar-refractivity contribution in [2.75, 3.05) is 13.1 Å². The Morgan fingerprint density at radius 2 is 2.29 bits per heavy atom. The molecule has 0 aliphatic rings. The standard InChI is InChI=1S/C13H25N3S/c1-3-12-9-16-13(17-12)10-15-8-4-5-11(2)6-7-14/h9,11,15H,3-8,10,14H2,1-2H3. The van der Waals surface area contributed by atoms with Gasteiger partial charge in [-0.05, 0) is 44.7 Å². The van der Waals surface area contributed by atoms with Crippen LogP contribution in [0.2, 0.25) is 0 Å². The molecular weight excluding hydrogens is 230 g/mol. The molecule has 0 aliphatic carbocycles. The van der Waals surface area contributed by atoms with E-state index in [0.29, 0.717) is 0 Å². The highest BCUT2D eigenvalue weighted by atomic mass is 32.1. The lowest BCUT2D eigenvalue weighted by molar-refractivity contribution is 0.468. The van der Waals surface area contributed by atoms with E-state index in [9.17, 15) is 0 Å². The average Bonchev–Trinajstić information content (AvgIpc) is 2.77. The second kappa shape index (κ2) is 8.61. The number of hydrogen-bond acceptors (Lipinski definition) is 4. The molecule has 1 atom stereocenters. The lowest BCUT2D eigenvalue weighted by Gasteiger charge is -2.09. The Morgan fingerprint density at radius 3 is 2.94 bits per heavy atom. The number of rotatable bonds is 9. The van der Waals surface area contributed by atoms with Crippen molar-refractivity contribution < 1.29 is 0 Å². The molecule has 0 saturated carbocycles. The SMILES string of the molecule is CCc1cnc(CNCCCC(C)CCN)s1. The predicted octanol–water partition coefficient (Wildman–Crippen LogP) is 2.56. The molecular formula is C13H25N3S. The number of aromatic nitrogens is 1. The van der Waals surface area contributed by atoms with Gasteiger partial charge in [0.25, 0.3) is 0 Å². The van der Waals surface area contributed by atoms with Crippen LogP contribution in [0.1, 0.15) is 43.0 Å². The van der Waals surface area contributed by atoms with E-state index in [1.807, 2.05) is 17.5 Å². The summed E-state index contributed by atoms with van der Waals surface area (Å²) >= 11 is 1.82. The van der Waals surface area contributed by atoms with Crippen LogP contribution in [0, 0.1) is 5.92 Å². The maximum Gasteiger partial charge on any atom is 0.107 e. The first-order chi connectivity index (χ1) is 8.26. The summed E-state index contributed by atoms with van der Waals surface area (Å²) in [6.45, 7) is 7.25. The van der Waals surface area contributed by atoms with Gasteiger partial charge in [-0.1, -0.05) is 13.8 Å². The highest BCUT2D eigenvalue weighted by Crippen LogP contribution is 2.13. The Hall–Kier alpha value is -0.450. The largest absolute Gasteiger partial charge is 0.330 e. The third-order valence-electron chi connectivity index (χ3n) is 2.94. The fourth-order valence-electron chi connectivity index (χ4n) is 1.79. The molecule has 0 fully saturated rings. The summed E-state index contributed by atoms with van der Waals surface area (Å²) in [4.78, 5) is 5.76. The molecule has 0 radical (unpaired) electrons. The van der Waals surface area contributed by atoms with E-state index in [1.165, 1.54) is 22.7 Å². The number of nitrogens with two attached hydrogens (primary N) is 1. The maximum absolute atomic E-state index is 5.53. The first-order valence-electron chi connectivity index (χ1n) is 6.60. The van der Waals surface area contributed by atoms with E-state index in [0.717, 1.165) is 38.4 Å². The molecule has 1 heterocycles. The van der Waals surface area contributed by atoms with Crippen LogP contribution in [0.4, 0.5) is 0 Å². The molecule has 3 nitrogen and oxygen atoms in total. The van der Waals surface area contributed by atoms with Gasteiger partial charge in [0.15, 0.2) is 0 Å². The summed E-state index contributed by atoms with van der Waals surface area (Å²) in [6.07, 6.45) is 6.72. The number of hydrogen-bond donors (Lipinski definition) is 2. The highest BCUT2D eigenvalue weighted by molar-refractivity contribution is 7.11. The van der Waals surface area contributed by atoms with E-state index in [2.05, 4.69) is 24.1 Å². The van der Waals surface area contributed by atoms with Crippen LogP contribution < -0.4 is 11.1 Å². The van der Waals surface area contributed by atoms with Crippen LogP contribution in [0.15, 0.2) is 6.20 Å². The van der Waals surface area contributed by atoms with Crippen molar-refractivity contribution in [1.82, 2.24) is 10.3 Å². The highest BCUT2D eigenvalue weighted by Gasteiger charge is 2.01. The molecule has 0 aromatic carbocycles. The molecule has 4 heteroatoms. The summed E-state index contributed by atoms with van der Waals surface area (Å²) in [7, 11) is 0. The van der Waals surface area contributed by atoms with Crippen LogP contribution in [0.3, 0.4) is 0 Å². The van der Waals surface area contributed by atoms with Crippen molar-refractivity contribution in [3.8, 4) is 0 Å². The zero-order valence-corrected chi connectivity index (χ0v) is 11.9. The fourth-order valence-corrected chi connectivity index (χ4v) is 2.62. The van der Waals surface area contributed by atoms with Crippen LogP contribution in [0.5, 0.6) is 0 Å². The van der Waals surface area contributed by atoms with Gasteiger partial charge in [-0.2, -0.15) is 0 Å². The summed E-state index contributed by atoms with van der Waals surface area (Å²) in [5.74, 6) is 0.758. The van der Waals surface area contributed by atoms with Gasteiger partial charge in [-0.3, -0.25) is 0 Å². The van der Waals surface area contributed by atoms with Crippen LogP contribution in [-0.2, 0) is 13.0 Å². The van der Waals surface area contributed by atoms with Gasteiger partial charge in [0.2, 0.25) is 0 Å². The van der Waals surface area contributed by atoms with Crippen molar-refractivity contribution in [3.63, 3.8) is 0 Å². The molecule has 1 aromatic rings. The molecule has 0 aliphatic heterocycles.